The van der Waals surface area contributed by atoms with Gasteiger partial charge < -0.3 is 10.2 Å². The molecule has 3 heteroatoms. The lowest BCUT2D eigenvalue weighted by Crippen LogP contribution is -1.76. The second-order valence-electron chi connectivity index (χ2n) is 4.66. The highest BCUT2D eigenvalue weighted by Gasteiger charge is 2.11. The van der Waals surface area contributed by atoms with Crippen LogP contribution in [-0.2, 0) is 0 Å². The van der Waals surface area contributed by atoms with E-state index in [2.05, 4.69) is 24.3 Å². The molecule has 4 rings (SSSR count). The van der Waals surface area contributed by atoms with Gasteiger partial charge in [0.2, 0.25) is 0 Å². The van der Waals surface area contributed by atoms with Crippen LogP contribution in [0.25, 0.3) is 32.3 Å². The van der Waals surface area contributed by atoms with Gasteiger partial charge in [-0.05, 0) is 45.8 Å². The van der Waals surface area contributed by atoms with Crippen molar-refractivity contribution in [3.05, 3.63) is 48.5 Å². The van der Waals surface area contributed by atoms with Crippen molar-refractivity contribution in [2.75, 3.05) is 0 Å². The monoisotopic (exact) mass is 266 g/mol. The fourth-order valence-corrected chi connectivity index (χ4v) is 3.29. The summed E-state index contributed by atoms with van der Waals surface area (Å²) in [5, 5.41) is 25.9. The topological polar surface area (TPSA) is 40.5 Å². The third-order valence-electron chi connectivity index (χ3n) is 3.50. The number of benzene rings is 3. The first-order valence-electron chi connectivity index (χ1n) is 5.99. The molecular weight excluding hydrogens is 256 g/mol. The van der Waals surface area contributed by atoms with Gasteiger partial charge in [0.1, 0.15) is 0 Å². The normalized spacial score (nSPS) is 11.6. The van der Waals surface area contributed by atoms with E-state index >= 15 is 0 Å². The summed E-state index contributed by atoms with van der Waals surface area (Å²) in [6.07, 6.45) is 0. The molecule has 0 radical (unpaired) electrons. The van der Waals surface area contributed by atoms with E-state index < -0.39 is 0 Å². The summed E-state index contributed by atoms with van der Waals surface area (Å²) in [6.45, 7) is 0. The third kappa shape index (κ3) is 1.48. The predicted octanol–water partition coefficient (Wildman–Crippen LogP) is 4.62. The summed E-state index contributed by atoms with van der Waals surface area (Å²) < 4.78 is 0. The third-order valence-corrected chi connectivity index (χ3v) is 4.32. The SMILES string of the molecule is Oc1sc(O)c2cc3cc4ccccc4cc3cc12. The van der Waals surface area contributed by atoms with E-state index in [1.807, 2.05) is 24.3 Å². The molecule has 0 aliphatic rings. The van der Waals surface area contributed by atoms with Gasteiger partial charge >= 0.3 is 0 Å². The molecule has 0 aliphatic heterocycles. The quantitative estimate of drug-likeness (QED) is 0.456. The van der Waals surface area contributed by atoms with Crippen LogP contribution in [0.2, 0.25) is 0 Å². The van der Waals surface area contributed by atoms with Crippen molar-refractivity contribution in [3.63, 3.8) is 0 Å². The molecule has 1 heterocycles. The van der Waals surface area contributed by atoms with Gasteiger partial charge in [0.05, 0.1) is 0 Å². The zero-order valence-corrected chi connectivity index (χ0v) is 10.7. The zero-order valence-electron chi connectivity index (χ0n) is 9.92. The van der Waals surface area contributed by atoms with Crippen molar-refractivity contribution in [2.45, 2.75) is 0 Å². The number of hydrogen-bond acceptors (Lipinski definition) is 3. The second-order valence-corrected chi connectivity index (χ2v) is 5.63. The molecule has 2 nitrogen and oxygen atoms in total. The average Bonchev–Trinajstić information content (AvgIpc) is 2.69. The van der Waals surface area contributed by atoms with Crippen LogP contribution in [0.5, 0.6) is 10.1 Å². The van der Waals surface area contributed by atoms with Gasteiger partial charge in [0.15, 0.2) is 10.1 Å². The van der Waals surface area contributed by atoms with Crippen molar-refractivity contribution >= 4 is 43.7 Å². The van der Waals surface area contributed by atoms with Crippen molar-refractivity contribution in [3.8, 4) is 10.1 Å². The van der Waals surface area contributed by atoms with Crippen LogP contribution >= 0.6 is 11.3 Å². The van der Waals surface area contributed by atoms with Crippen molar-refractivity contribution in [1.82, 2.24) is 0 Å². The summed E-state index contributed by atoms with van der Waals surface area (Å²) in [5.41, 5.74) is 0. The standard InChI is InChI=1S/C16H10O2S/c17-15-13-7-11-5-9-3-1-2-4-10(9)6-12(11)8-14(13)16(18)19-15/h1-8,17-18H. The summed E-state index contributed by atoms with van der Waals surface area (Å²) in [5.74, 6) is 0. The lowest BCUT2D eigenvalue weighted by atomic mass is 10.0. The van der Waals surface area contributed by atoms with Gasteiger partial charge in [0, 0.05) is 10.8 Å². The van der Waals surface area contributed by atoms with Crippen LogP contribution in [0.1, 0.15) is 0 Å². The Balaban J connectivity index is 2.21. The van der Waals surface area contributed by atoms with Crippen LogP contribution in [0.15, 0.2) is 48.5 Å². The minimum absolute atomic E-state index is 0.169. The molecule has 0 aliphatic carbocycles. The Morgan fingerprint density at radius 2 is 1.11 bits per heavy atom. The smallest absolute Gasteiger partial charge is 0.182 e. The number of fused-ring (bicyclic) bond motifs is 3. The predicted molar refractivity (Wildman–Crippen MR) is 80.2 cm³/mol. The number of rotatable bonds is 0. The van der Waals surface area contributed by atoms with Crippen LogP contribution in [0, 0.1) is 0 Å². The molecule has 0 atom stereocenters. The van der Waals surface area contributed by atoms with Crippen molar-refractivity contribution in [2.24, 2.45) is 0 Å². The molecule has 2 N–H and O–H groups in total. The Kier molecular flexibility index (Phi) is 2.03. The Labute approximate surface area is 113 Å². The highest BCUT2D eigenvalue weighted by Crippen LogP contribution is 2.43. The maximum Gasteiger partial charge on any atom is 0.182 e. The molecule has 3 aromatic carbocycles. The van der Waals surface area contributed by atoms with E-state index in [-0.39, 0.29) is 10.1 Å². The summed E-state index contributed by atoms with van der Waals surface area (Å²) in [6, 6.07) is 16.3. The molecular formula is C16H10O2S. The van der Waals surface area contributed by atoms with Crippen LogP contribution in [0.4, 0.5) is 0 Å². The number of thiophene rings is 1. The summed E-state index contributed by atoms with van der Waals surface area (Å²) in [7, 11) is 0. The number of aromatic hydroxyl groups is 2. The van der Waals surface area contributed by atoms with Gasteiger partial charge in [-0.15, -0.1) is 0 Å². The van der Waals surface area contributed by atoms with Crippen LogP contribution in [-0.4, -0.2) is 10.2 Å². The molecule has 4 aromatic rings. The first kappa shape index (κ1) is 10.6. The van der Waals surface area contributed by atoms with E-state index in [0.717, 1.165) is 22.1 Å². The maximum atomic E-state index is 9.82. The Bertz CT molecular complexity index is 863. The van der Waals surface area contributed by atoms with E-state index in [9.17, 15) is 10.2 Å². The largest absolute Gasteiger partial charge is 0.499 e. The fraction of sp³-hybridized carbons (Fsp3) is 0. The number of hydrogen-bond donors (Lipinski definition) is 2. The second kappa shape index (κ2) is 3.62. The van der Waals surface area contributed by atoms with E-state index in [4.69, 9.17) is 0 Å². The van der Waals surface area contributed by atoms with Gasteiger partial charge in [-0.3, -0.25) is 0 Å². The lowest BCUT2D eigenvalue weighted by molar-refractivity contribution is 0.491. The minimum atomic E-state index is 0.169. The van der Waals surface area contributed by atoms with E-state index in [1.54, 1.807) is 0 Å². The van der Waals surface area contributed by atoms with E-state index in [0.29, 0.717) is 10.8 Å². The molecule has 0 saturated carbocycles. The highest BCUT2D eigenvalue weighted by atomic mass is 32.1. The Morgan fingerprint density at radius 1 is 0.632 bits per heavy atom. The molecule has 0 unspecified atom stereocenters. The molecule has 0 spiro atoms. The molecule has 0 amide bonds. The van der Waals surface area contributed by atoms with Gasteiger partial charge in [-0.25, -0.2) is 0 Å². The maximum absolute atomic E-state index is 9.82. The molecule has 1 aromatic heterocycles. The first-order valence-corrected chi connectivity index (χ1v) is 6.81. The molecule has 0 bridgehead atoms. The van der Waals surface area contributed by atoms with Crippen LogP contribution < -0.4 is 0 Å². The fourth-order valence-electron chi connectivity index (χ4n) is 2.55. The molecule has 0 fully saturated rings. The highest BCUT2D eigenvalue weighted by molar-refractivity contribution is 7.17. The Hall–Kier alpha value is -2.26. The minimum Gasteiger partial charge on any atom is -0.499 e. The average molecular weight is 266 g/mol. The lowest BCUT2D eigenvalue weighted by Gasteiger charge is -2.03. The zero-order chi connectivity index (χ0) is 13.0. The molecule has 0 saturated heterocycles. The van der Waals surface area contributed by atoms with Gasteiger partial charge in [0.25, 0.3) is 0 Å². The van der Waals surface area contributed by atoms with E-state index in [1.165, 1.54) is 10.8 Å². The summed E-state index contributed by atoms with van der Waals surface area (Å²) in [4.78, 5) is 0. The van der Waals surface area contributed by atoms with Crippen molar-refractivity contribution in [1.29, 1.82) is 0 Å². The molecule has 19 heavy (non-hydrogen) atoms. The molecule has 92 valence electrons. The summed E-state index contributed by atoms with van der Waals surface area (Å²) >= 11 is 1.01. The Morgan fingerprint density at radius 3 is 1.58 bits per heavy atom. The van der Waals surface area contributed by atoms with Crippen molar-refractivity contribution < 1.29 is 10.2 Å². The first-order chi connectivity index (χ1) is 9.22. The van der Waals surface area contributed by atoms with Gasteiger partial charge in [-0.1, -0.05) is 35.6 Å². The van der Waals surface area contributed by atoms with Crippen LogP contribution in [0.3, 0.4) is 0 Å². The van der Waals surface area contributed by atoms with Gasteiger partial charge in [-0.2, -0.15) is 0 Å².